The van der Waals surface area contributed by atoms with Gasteiger partial charge in [0.15, 0.2) is 0 Å². The smallest absolute Gasteiger partial charge is 0.303 e. The van der Waals surface area contributed by atoms with Gasteiger partial charge in [0.1, 0.15) is 0 Å². The second-order valence-corrected chi connectivity index (χ2v) is 3.35. The minimum atomic E-state index is -4.27. The highest BCUT2D eigenvalue weighted by Crippen LogP contribution is 2.30. The van der Waals surface area contributed by atoms with E-state index < -0.39 is 11.7 Å². The molecule has 2 nitrogen and oxygen atoms in total. The molecule has 0 radical (unpaired) electrons. The van der Waals surface area contributed by atoms with Gasteiger partial charge in [-0.15, -0.1) is 0 Å². The summed E-state index contributed by atoms with van der Waals surface area (Å²) in [6, 6.07) is 5.15. The predicted octanol–water partition coefficient (Wildman–Crippen LogP) is 2.73. The summed E-state index contributed by atoms with van der Waals surface area (Å²) in [5, 5.41) is 3.82. The van der Waals surface area contributed by atoms with E-state index in [0.29, 0.717) is 6.42 Å². The summed E-state index contributed by atoms with van der Waals surface area (Å²) in [5.74, 6) is 0. The van der Waals surface area contributed by atoms with Crippen LogP contribution in [0.2, 0.25) is 0 Å². The van der Waals surface area contributed by atoms with Crippen LogP contribution in [0.25, 0.3) is 0 Å². The number of nitrogens with one attached hydrogen (secondary N) is 1. The summed E-state index contributed by atoms with van der Waals surface area (Å²) in [6.45, 7) is 0. The molecular formula is C10H9F3N2. The van der Waals surface area contributed by atoms with Gasteiger partial charge in [-0.25, -0.2) is 0 Å². The molecule has 0 saturated carbocycles. The molecule has 1 aromatic carbocycles. The zero-order valence-electron chi connectivity index (χ0n) is 7.75. The first-order valence-corrected chi connectivity index (χ1v) is 4.51. The molecule has 2 rings (SSSR count). The van der Waals surface area contributed by atoms with Crippen LogP contribution in [0.3, 0.4) is 0 Å². The Morgan fingerprint density at radius 2 is 1.87 bits per heavy atom. The van der Waals surface area contributed by atoms with E-state index in [4.69, 9.17) is 0 Å². The van der Waals surface area contributed by atoms with Crippen molar-refractivity contribution in [1.82, 2.24) is 5.43 Å². The molecule has 1 N–H and O–H groups in total. The second kappa shape index (κ2) is 3.56. The molecule has 0 fully saturated rings. The number of halogens is 3. The fourth-order valence-electron chi connectivity index (χ4n) is 1.47. The maximum absolute atomic E-state index is 12.3. The minimum Gasteiger partial charge on any atom is -0.303 e. The lowest BCUT2D eigenvalue weighted by molar-refractivity contribution is -0.137. The summed E-state index contributed by atoms with van der Waals surface area (Å²) in [7, 11) is 0. The van der Waals surface area contributed by atoms with Crippen LogP contribution in [0.1, 0.15) is 23.6 Å². The third-order valence-corrected chi connectivity index (χ3v) is 2.30. The first kappa shape index (κ1) is 10.0. The normalized spacial score (nSPS) is 20.3. The number of nitrogens with zero attached hydrogens (tertiary/aromatic N) is 1. The van der Waals surface area contributed by atoms with E-state index in [1.54, 1.807) is 6.21 Å². The molecule has 1 heterocycles. The van der Waals surface area contributed by atoms with Gasteiger partial charge in [0.25, 0.3) is 0 Å². The molecule has 15 heavy (non-hydrogen) atoms. The molecule has 1 atom stereocenters. The van der Waals surface area contributed by atoms with Gasteiger partial charge >= 0.3 is 6.18 Å². The molecule has 0 spiro atoms. The summed E-state index contributed by atoms with van der Waals surface area (Å²) in [6.07, 6.45) is -1.84. The lowest BCUT2D eigenvalue weighted by Gasteiger charge is -2.11. The number of alkyl halides is 3. The van der Waals surface area contributed by atoms with Crippen molar-refractivity contribution < 1.29 is 13.2 Å². The Hall–Kier alpha value is -1.52. The van der Waals surface area contributed by atoms with E-state index in [1.807, 2.05) is 0 Å². The Balaban J connectivity index is 2.17. The van der Waals surface area contributed by atoms with E-state index in [-0.39, 0.29) is 6.04 Å². The Labute approximate surface area is 84.8 Å². The van der Waals surface area contributed by atoms with Crippen molar-refractivity contribution in [2.45, 2.75) is 18.6 Å². The van der Waals surface area contributed by atoms with Gasteiger partial charge in [-0.05, 0) is 17.7 Å². The van der Waals surface area contributed by atoms with Crippen LogP contribution in [0.15, 0.2) is 29.4 Å². The molecule has 5 heteroatoms. The Bertz CT molecular complexity index is 359. The van der Waals surface area contributed by atoms with Gasteiger partial charge in [-0.1, -0.05) is 12.1 Å². The molecule has 0 aliphatic carbocycles. The highest BCUT2D eigenvalue weighted by atomic mass is 19.4. The summed E-state index contributed by atoms with van der Waals surface area (Å²) in [5.41, 5.74) is 3.02. The van der Waals surface area contributed by atoms with Gasteiger partial charge in [0, 0.05) is 12.6 Å². The number of benzene rings is 1. The topological polar surface area (TPSA) is 24.4 Å². The van der Waals surface area contributed by atoms with Crippen molar-refractivity contribution >= 4 is 6.21 Å². The van der Waals surface area contributed by atoms with Gasteiger partial charge < -0.3 is 5.43 Å². The number of hydrazone groups is 1. The molecule has 80 valence electrons. The van der Waals surface area contributed by atoms with E-state index in [1.165, 1.54) is 12.1 Å². The van der Waals surface area contributed by atoms with Crippen molar-refractivity contribution in [3.63, 3.8) is 0 Å². The Morgan fingerprint density at radius 1 is 1.20 bits per heavy atom. The average molecular weight is 214 g/mol. The molecule has 1 aromatic rings. The Morgan fingerprint density at radius 3 is 2.33 bits per heavy atom. The van der Waals surface area contributed by atoms with Crippen molar-refractivity contribution in [3.8, 4) is 0 Å². The third kappa shape index (κ3) is 2.11. The monoisotopic (exact) mass is 214 g/mol. The minimum absolute atomic E-state index is 0.00674. The standard InChI is InChI=1S/C10H9F3N2/c11-10(12,13)8-3-1-7(2-4-8)9-5-6-14-15-9/h1-4,6,9,15H,5H2. The molecule has 1 aliphatic rings. The summed E-state index contributed by atoms with van der Waals surface area (Å²) in [4.78, 5) is 0. The van der Waals surface area contributed by atoms with E-state index in [0.717, 1.165) is 17.7 Å². The van der Waals surface area contributed by atoms with E-state index in [2.05, 4.69) is 10.5 Å². The molecule has 0 amide bonds. The van der Waals surface area contributed by atoms with E-state index in [9.17, 15) is 13.2 Å². The fourth-order valence-corrected chi connectivity index (χ4v) is 1.47. The molecule has 1 unspecified atom stereocenters. The first-order valence-electron chi connectivity index (χ1n) is 4.51. The quantitative estimate of drug-likeness (QED) is 0.763. The maximum atomic E-state index is 12.3. The van der Waals surface area contributed by atoms with Crippen molar-refractivity contribution in [3.05, 3.63) is 35.4 Å². The molecular weight excluding hydrogens is 205 g/mol. The lowest BCUT2D eigenvalue weighted by atomic mass is 10.0. The van der Waals surface area contributed by atoms with Crippen molar-refractivity contribution in [1.29, 1.82) is 0 Å². The zero-order valence-corrected chi connectivity index (χ0v) is 7.75. The van der Waals surface area contributed by atoms with Crippen LogP contribution >= 0.6 is 0 Å². The molecule has 1 aliphatic heterocycles. The van der Waals surface area contributed by atoms with Crippen molar-refractivity contribution in [2.24, 2.45) is 5.10 Å². The van der Waals surface area contributed by atoms with Crippen LogP contribution < -0.4 is 5.43 Å². The highest BCUT2D eigenvalue weighted by molar-refractivity contribution is 5.60. The van der Waals surface area contributed by atoms with Gasteiger partial charge in [-0.3, -0.25) is 0 Å². The maximum Gasteiger partial charge on any atom is 0.416 e. The van der Waals surface area contributed by atoms with Crippen LogP contribution in [0, 0.1) is 0 Å². The Kier molecular flexibility index (Phi) is 2.38. The lowest BCUT2D eigenvalue weighted by Crippen LogP contribution is -2.10. The second-order valence-electron chi connectivity index (χ2n) is 3.35. The van der Waals surface area contributed by atoms with Crippen LogP contribution in [0.4, 0.5) is 13.2 Å². The number of rotatable bonds is 1. The van der Waals surface area contributed by atoms with Crippen LogP contribution in [0.5, 0.6) is 0 Å². The van der Waals surface area contributed by atoms with Crippen LogP contribution in [-0.2, 0) is 6.18 Å². The highest BCUT2D eigenvalue weighted by Gasteiger charge is 2.30. The summed E-state index contributed by atoms with van der Waals surface area (Å²) >= 11 is 0. The number of hydrogen-bond donors (Lipinski definition) is 1. The molecule has 0 saturated heterocycles. The van der Waals surface area contributed by atoms with E-state index >= 15 is 0 Å². The summed E-state index contributed by atoms with van der Waals surface area (Å²) < 4.78 is 36.8. The zero-order chi connectivity index (χ0) is 10.9. The first-order chi connectivity index (χ1) is 7.07. The van der Waals surface area contributed by atoms with Gasteiger partial charge in [0.05, 0.1) is 11.6 Å². The largest absolute Gasteiger partial charge is 0.416 e. The third-order valence-electron chi connectivity index (χ3n) is 2.30. The van der Waals surface area contributed by atoms with Gasteiger partial charge in [0.2, 0.25) is 0 Å². The SMILES string of the molecule is FC(F)(F)c1ccc(C2CC=NN2)cc1. The van der Waals surface area contributed by atoms with Gasteiger partial charge in [-0.2, -0.15) is 18.3 Å². The van der Waals surface area contributed by atoms with Crippen molar-refractivity contribution in [2.75, 3.05) is 0 Å². The predicted molar refractivity (Wildman–Crippen MR) is 50.4 cm³/mol. The van der Waals surface area contributed by atoms with Crippen LogP contribution in [-0.4, -0.2) is 6.21 Å². The number of hydrogen-bond acceptors (Lipinski definition) is 2. The fraction of sp³-hybridized carbons (Fsp3) is 0.300. The molecule has 0 bridgehead atoms. The molecule has 0 aromatic heterocycles. The average Bonchev–Trinajstić information content (AvgIpc) is 2.69.